The number of carbonyl (C=O) groups excluding carboxylic acids is 1. The van der Waals surface area contributed by atoms with Crippen LogP contribution in [0.5, 0.6) is 0 Å². The summed E-state index contributed by atoms with van der Waals surface area (Å²) in [5.41, 5.74) is 1.70. The zero-order valence-corrected chi connectivity index (χ0v) is 13.6. The first-order valence-corrected chi connectivity index (χ1v) is 7.79. The minimum Gasteiger partial charge on any atom is -0.325 e. The van der Waals surface area contributed by atoms with Gasteiger partial charge in [0.05, 0.1) is 11.4 Å². The topological polar surface area (TPSA) is 78.7 Å². The monoisotopic (exact) mass is 332 g/mol. The molecule has 1 amide bonds. The number of hydrogen-bond acceptors (Lipinski definition) is 5. The molecule has 5 nitrogen and oxygen atoms in total. The number of benzene rings is 1. The molecule has 0 aliphatic heterocycles. The van der Waals surface area contributed by atoms with Crippen LogP contribution in [0.15, 0.2) is 29.3 Å². The Labute approximate surface area is 137 Å². The maximum Gasteiger partial charge on any atom is 0.234 e. The van der Waals surface area contributed by atoms with Crippen LogP contribution < -0.4 is 5.32 Å². The molecule has 2 aromatic rings. The molecule has 0 radical (unpaired) electrons. The fourth-order valence-electron chi connectivity index (χ4n) is 1.78. The Bertz CT molecular complexity index is 740. The molecule has 0 saturated heterocycles. The first kappa shape index (κ1) is 16.3. The van der Waals surface area contributed by atoms with E-state index >= 15 is 0 Å². The number of halogens is 1. The maximum absolute atomic E-state index is 11.9. The summed E-state index contributed by atoms with van der Waals surface area (Å²) in [5.74, 6) is 0.565. The highest BCUT2D eigenvalue weighted by atomic mass is 35.5. The third-order valence-corrected chi connectivity index (χ3v) is 3.98. The van der Waals surface area contributed by atoms with Gasteiger partial charge in [0.1, 0.15) is 22.5 Å². The van der Waals surface area contributed by atoms with Crippen molar-refractivity contribution in [2.75, 3.05) is 11.1 Å². The molecule has 0 bridgehead atoms. The molecule has 0 atom stereocenters. The summed E-state index contributed by atoms with van der Waals surface area (Å²) in [6.45, 7) is 3.51. The van der Waals surface area contributed by atoms with Crippen molar-refractivity contribution in [3.8, 4) is 6.07 Å². The number of aryl methyl sites for hydroxylation is 2. The number of nitrogens with one attached hydrogen (secondary N) is 1. The lowest BCUT2D eigenvalue weighted by Gasteiger charge is -2.07. The molecule has 22 heavy (non-hydrogen) atoms. The molecule has 1 aromatic carbocycles. The van der Waals surface area contributed by atoms with Gasteiger partial charge in [-0.25, -0.2) is 9.97 Å². The summed E-state index contributed by atoms with van der Waals surface area (Å²) in [6, 6.07) is 8.94. The Balaban J connectivity index is 2.02. The van der Waals surface area contributed by atoms with E-state index in [9.17, 15) is 4.79 Å². The largest absolute Gasteiger partial charge is 0.325 e. The van der Waals surface area contributed by atoms with Crippen molar-refractivity contribution in [2.45, 2.75) is 18.9 Å². The molecule has 0 saturated carbocycles. The van der Waals surface area contributed by atoms with Crippen LogP contribution in [0, 0.1) is 25.2 Å². The van der Waals surface area contributed by atoms with Crippen LogP contribution in [0.3, 0.4) is 0 Å². The molecule has 2 rings (SSSR count). The van der Waals surface area contributed by atoms with Crippen LogP contribution in [-0.4, -0.2) is 21.6 Å². The SMILES string of the molecule is Cc1nc(C)c(C#N)c(SCC(=O)Nc2ccc(Cl)cc2)n1. The fraction of sp³-hybridized carbons (Fsp3) is 0.200. The minimum atomic E-state index is -0.176. The first-order valence-electron chi connectivity index (χ1n) is 6.43. The van der Waals surface area contributed by atoms with Gasteiger partial charge in [0, 0.05) is 10.7 Å². The molecule has 7 heteroatoms. The zero-order valence-electron chi connectivity index (χ0n) is 12.1. The van der Waals surface area contributed by atoms with Crippen molar-refractivity contribution in [1.29, 1.82) is 5.26 Å². The number of rotatable bonds is 4. The predicted molar refractivity (Wildman–Crippen MR) is 87.0 cm³/mol. The number of aromatic nitrogens is 2. The van der Waals surface area contributed by atoms with Gasteiger partial charge < -0.3 is 5.32 Å². The highest BCUT2D eigenvalue weighted by Crippen LogP contribution is 2.22. The molecule has 0 aliphatic carbocycles. The second-order valence-corrected chi connectivity index (χ2v) is 5.89. The van der Waals surface area contributed by atoms with Crippen LogP contribution in [0.25, 0.3) is 0 Å². The van der Waals surface area contributed by atoms with Gasteiger partial charge in [-0.15, -0.1) is 0 Å². The summed E-state index contributed by atoms with van der Waals surface area (Å²) >= 11 is 7.01. The van der Waals surface area contributed by atoms with Crippen LogP contribution in [-0.2, 0) is 4.79 Å². The summed E-state index contributed by atoms with van der Waals surface area (Å²) in [5, 5.41) is 13.1. The van der Waals surface area contributed by atoms with E-state index in [1.165, 1.54) is 11.8 Å². The third kappa shape index (κ3) is 4.20. The summed E-state index contributed by atoms with van der Waals surface area (Å²) in [6.07, 6.45) is 0. The zero-order chi connectivity index (χ0) is 16.1. The van der Waals surface area contributed by atoms with Crippen LogP contribution in [0.1, 0.15) is 17.1 Å². The second kappa shape index (κ2) is 7.25. The molecule has 112 valence electrons. The van der Waals surface area contributed by atoms with Gasteiger partial charge in [0.2, 0.25) is 5.91 Å². The van der Waals surface area contributed by atoms with Gasteiger partial charge in [-0.1, -0.05) is 23.4 Å². The Hall–Kier alpha value is -2.10. The van der Waals surface area contributed by atoms with Crippen molar-refractivity contribution in [3.05, 3.63) is 46.4 Å². The van der Waals surface area contributed by atoms with Gasteiger partial charge >= 0.3 is 0 Å². The molecule has 0 fully saturated rings. The Morgan fingerprint density at radius 1 is 1.32 bits per heavy atom. The number of carbonyl (C=O) groups is 1. The number of nitrogens with zero attached hydrogens (tertiary/aromatic N) is 3. The van der Waals surface area contributed by atoms with Gasteiger partial charge in [0.15, 0.2) is 0 Å². The normalized spacial score (nSPS) is 10.1. The lowest BCUT2D eigenvalue weighted by atomic mass is 10.3. The van der Waals surface area contributed by atoms with E-state index in [4.69, 9.17) is 16.9 Å². The third-order valence-electron chi connectivity index (χ3n) is 2.75. The average molecular weight is 333 g/mol. The van der Waals surface area contributed by atoms with E-state index in [1.807, 2.05) is 0 Å². The number of amides is 1. The second-order valence-electron chi connectivity index (χ2n) is 4.49. The van der Waals surface area contributed by atoms with Crippen molar-refractivity contribution >= 4 is 35.0 Å². The highest BCUT2D eigenvalue weighted by molar-refractivity contribution is 8.00. The quantitative estimate of drug-likeness (QED) is 0.686. The molecule has 0 unspecified atom stereocenters. The molecule has 0 spiro atoms. The highest BCUT2D eigenvalue weighted by Gasteiger charge is 2.12. The van der Waals surface area contributed by atoms with Crippen LogP contribution in [0.4, 0.5) is 5.69 Å². The standard InChI is InChI=1S/C15H13ClN4OS/c1-9-13(7-17)15(19-10(2)18-9)22-8-14(21)20-12-5-3-11(16)4-6-12/h3-6H,8H2,1-2H3,(H,20,21). The van der Waals surface area contributed by atoms with E-state index in [-0.39, 0.29) is 11.7 Å². The van der Waals surface area contributed by atoms with Crippen molar-refractivity contribution in [3.63, 3.8) is 0 Å². The summed E-state index contributed by atoms with van der Waals surface area (Å²) in [4.78, 5) is 20.3. The molecule has 1 heterocycles. The van der Waals surface area contributed by atoms with Crippen molar-refractivity contribution in [1.82, 2.24) is 9.97 Å². The summed E-state index contributed by atoms with van der Waals surface area (Å²) < 4.78 is 0. The Morgan fingerprint density at radius 3 is 2.64 bits per heavy atom. The molecule has 1 aromatic heterocycles. The minimum absolute atomic E-state index is 0.160. The van der Waals surface area contributed by atoms with Gasteiger partial charge in [-0.3, -0.25) is 4.79 Å². The molecular weight excluding hydrogens is 320 g/mol. The van der Waals surface area contributed by atoms with Crippen molar-refractivity contribution < 1.29 is 4.79 Å². The average Bonchev–Trinajstić information content (AvgIpc) is 2.47. The first-order chi connectivity index (χ1) is 10.5. The predicted octanol–water partition coefficient (Wildman–Crippen LogP) is 3.35. The van der Waals surface area contributed by atoms with E-state index < -0.39 is 0 Å². The lowest BCUT2D eigenvalue weighted by molar-refractivity contribution is -0.113. The van der Waals surface area contributed by atoms with Gasteiger partial charge in [0.25, 0.3) is 0 Å². The number of hydrogen-bond donors (Lipinski definition) is 1. The van der Waals surface area contributed by atoms with Gasteiger partial charge in [-0.2, -0.15) is 5.26 Å². The molecule has 1 N–H and O–H groups in total. The van der Waals surface area contributed by atoms with E-state index in [0.717, 1.165) is 0 Å². The fourth-order valence-corrected chi connectivity index (χ4v) is 2.78. The summed E-state index contributed by atoms with van der Waals surface area (Å²) in [7, 11) is 0. The van der Waals surface area contributed by atoms with Crippen molar-refractivity contribution in [2.24, 2.45) is 0 Å². The number of nitriles is 1. The smallest absolute Gasteiger partial charge is 0.234 e. The van der Waals surface area contributed by atoms with E-state index in [2.05, 4.69) is 21.4 Å². The van der Waals surface area contributed by atoms with Gasteiger partial charge in [-0.05, 0) is 38.1 Å². The number of thioether (sulfide) groups is 1. The maximum atomic E-state index is 11.9. The Morgan fingerprint density at radius 2 is 2.00 bits per heavy atom. The van der Waals surface area contributed by atoms with Crippen LogP contribution >= 0.6 is 23.4 Å². The number of anilines is 1. The Kier molecular flexibility index (Phi) is 5.36. The molecule has 0 aliphatic rings. The van der Waals surface area contributed by atoms with E-state index in [0.29, 0.717) is 32.8 Å². The molecular formula is C15H13ClN4OS. The van der Waals surface area contributed by atoms with Crippen LogP contribution in [0.2, 0.25) is 5.02 Å². The lowest BCUT2D eigenvalue weighted by Crippen LogP contribution is -2.14. The van der Waals surface area contributed by atoms with E-state index in [1.54, 1.807) is 38.1 Å².